The van der Waals surface area contributed by atoms with E-state index in [0.29, 0.717) is 31.7 Å². The molecule has 160 valence electrons. The lowest BCUT2D eigenvalue weighted by atomic mass is 9.92. The molecule has 0 aromatic heterocycles. The number of fused-ring (bicyclic) bond motifs is 1. The number of benzene rings is 2. The highest BCUT2D eigenvalue weighted by atomic mass is 19.1. The fraction of sp³-hybridized carbons (Fsp3) is 0.391. The van der Waals surface area contributed by atoms with Gasteiger partial charge < -0.3 is 20.7 Å². The number of methoxy groups -OCH3 is 1. The Hall–Kier alpha value is -2.77. The Morgan fingerprint density at radius 3 is 2.63 bits per heavy atom. The maximum Gasteiger partial charge on any atom is 0.243 e. The lowest BCUT2D eigenvalue weighted by Crippen LogP contribution is -2.53. The number of carbonyl (C=O) groups excluding carboxylic acids is 2. The lowest BCUT2D eigenvalue weighted by Gasteiger charge is -2.36. The summed E-state index contributed by atoms with van der Waals surface area (Å²) in [6, 6.07) is 13.1. The van der Waals surface area contributed by atoms with Crippen molar-refractivity contribution in [3.63, 3.8) is 0 Å². The molecule has 3 N–H and O–H groups in total. The topological polar surface area (TPSA) is 84.7 Å². The van der Waals surface area contributed by atoms with Crippen LogP contribution in [0.3, 0.4) is 0 Å². The van der Waals surface area contributed by atoms with Crippen molar-refractivity contribution in [2.75, 3.05) is 20.3 Å². The summed E-state index contributed by atoms with van der Waals surface area (Å²) in [5, 5.41) is 2.83. The van der Waals surface area contributed by atoms with E-state index >= 15 is 0 Å². The van der Waals surface area contributed by atoms with Gasteiger partial charge in [-0.25, -0.2) is 4.39 Å². The molecule has 1 aliphatic heterocycles. The van der Waals surface area contributed by atoms with Gasteiger partial charge >= 0.3 is 0 Å². The zero-order valence-corrected chi connectivity index (χ0v) is 17.1. The quantitative estimate of drug-likeness (QED) is 0.647. The van der Waals surface area contributed by atoms with Crippen LogP contribution in [0.15, 0.2) is 48.5 Å². The molecule has 3 rings (SSSR count). The number of halogens is 1. The third kappa shape index (κ3) is 5.43. The van der Waals surface area contributed by atoms with Crippen molar-refractivity contribution in [3.8, 4) is 0 Å². The molecular weight excluding hydrogens is 385 g/mol. The van der Waals surface area contributed by atoms with E-state index in [9.17, 15) is 14.0 Å². The number of amides is 2. The van der Waals surface area contributed by atoms with Crippen LogP contribution in [0.4, 0.5) is 4.39 Å². The summed E-state index contributed by atoms with van der Waals surface area (Å²) in [5.74, 6) is -0.750. The van der Waals surface area contributed by atoms with Crippen LogP contribution in [0.25, 0.3) is 0 Å². The zero-order valence-electron chi connectivity index (χ0n) is 17.1. The van der Waals surface area contributed by atoms with Gasteiger partial charge in [0.15, 0.2) is 0 Å². The normalized spacial score (nSPS) is 16.6. The Kier molecular flexibility index (Phi) is 7.54. The number of nitrogens with two attached hydrogens (primary N) is 1. The van der Waals surface area contributed by atoms with E-state index in [4.69, 9.17) is 10.5 Å². The molecule has 2 amide bonds. The Morgan fingerprint density at radius 2 is 1.90 bits per heavy atom. The third-order valence-corrected chi connectivity index (χ3v) is 5.35. The maximum absolute atomic E-state index is 13.9. The van der Waals surface area contributed by atoms with E-state index in [1.54, 1.807) is 30.2 Å². The average Bonchev–Trinajstić information content (AvgIpc) is 2.74. The minimum atomic E-state index is -0.607. The third-order valence-electron chi connectivity index (χ3n) is 5.35. The second kappa shape index (κ2) is 10.3. The molecule has 0 aliphatic carbocycles. The van der Waals surface area contributed by atoms with Crippen LogP contribution in [0.1, 0.15) is 23.1 Å². The molecule has 2 aromatic carbocycles. The predicted molar refractivity (Wildman–Crippen MR) is 112 cm³/mol. The number of hydrogen-bond donors (Lipinski definition) is 2. The second-order valence-corrected chi connectivity index (χ2v) is 7.55. The molecule has 30 heavy (non-hydrogen) atoms. The van der Waals surface area contributed by atoms with E-state index in [1.165, 1.54) is 6.07 Å². The van der Waals surface area contributed by atoms with Gasteiger partial charge in [0.2, 0.25) is 11.8 Å². The number of nitrogens with zero attached hydrogens (tertiary/aromatic N) is 1. The Balaban J connectivity index is 1.71. The van der Waals surface area contributed by atoms with Gasteiger partial charge in [-0.1, -0.05) is 42.5 Å². The molecule has 0 saturated heterocycles. The SMILES string of the molecule is COCCNC(=O)[C@@H]1Cc2ccccc2CN1C(=O)CC(N)Cc1ccccc1F. The molecule has 0 saturated carbocycles. The van der Waals surface area contributed by atoms with E-state index in [1.807, 2.05) is 24.3 Å². The van der Waals surface area contributed by atoms with Gasteiger partial charge in [-0.3, -0.25) is 9.59 Å². The molecule has 1 aliphatic rings. The summed E-state index contributed by atoms with van der Waals surface area (Å²) in [4.78, 5) is 27.5. The van der Waals surface area contributed by atoms with Crippen LogP contribution in [-0.4, -0.2) is 49.1 Å². The van der Waals surface area contributed by atoms with E-state index < -0.39 is 12.1 Å². The minimum absolute atomic E-state index is 0.0400. The van der Waals surface area contributed by atoms with E-state index in [2.05, 4.69) is 5.32 Å². The van der Waals surface area contributed by atoms with Crippen LogP contribution >= 0.6 is 0 Å². The molecule has 2 aromatic rings. The molecular formula is C23H28FN3O3. The summed E-state index contributed by atoms with van der Waals surface area (Å²) < 4.78 is 18.9. The fourth-order valence-corrected chi connectivity index (χ4v) is 3.77. The van der Waals surface area contributed by atoms with Gasteiger partial charge in [0.25, 0.3) is 0 Å². The van der Waals surface area contributed by atoms with Gasteiger partial charge in [-0.2, -0.15) is 0 Å². The minimum Gasteiger partial charge on any atom is -0.383 e. The lowest BCUT2D eigenvalue weighted by molar-refractivity contribution is -0.142. The Morgan fingerprint density at radius 1 is 1.20 bits per heavy atom. The molecule has 0 fully saturated rings. The Bertz CT molecular complexity index is 890. The molecule has 2 atom stereocenters. The summed E-state index contributed by atoms with van der Waals surface area (Å²) in [6.45, 7) is 1.13. The van der Waals surface area contributed by atoms with Crippen molar-refractivity contribution >= 4 is 11.8 Å². The highest BCUT2D eigenvalue weighted by Crippen LogP contribution is 2.24. The number of ether oxygens (including phenoxy) is 1. The summed E-state index contributed by atoms with van der Waals surface area (Å²) >= 11 is 0. The number of hydrogen-bond acceptors (Lipinski definition) is 4. The maximum atomic E-state index is 13.9. The average molecular weight is 413 g/mol. The largest absolute Gasteiger partial charge is 0.383 e. The first kappa shape index (κ1) is 21.9. The molecule has 1 unspecified atom stereocenters. The van der Waals surface area contributed by atoms with Gasteiger partial charge in [-0.05, 0) is 29.2 Å². The summed E-state index contributed by atoms with van der Waals surface area (Å²) in [7, 11) is 1.57. The number of nitrogens with one attached hydrogen (secondary N) is 1. The van der Waals surface area contributed by atoms with Gasteiger partial charge in [0.1, 0.15) is 11.9 Å². The smallest absolute Gasteiger partial charge is 0.243 e. The van der Waals surface area contributed by atoms with Gasteiger partial charge in [-0.15, -0.1) is 0 Å². The standard InChI is InChI=1S/C23H28FN3O3/c1-30-11-10-26-23(29)21-13-16-6-2-3-8-18(16)15-27(21)22(28)14-19(25)12-17-7-4-5-9-20(17)24/h2-9,19,21H,10-15,25H2,1H3,(H,26,29)/t19?,21-/m0/s1. The van der Waals surface area contributed by atoms with Gasteiger partial charge in [0, 0.05) is 39.1 Å². The van der Waals surface area contributed by atoms with Crippen LogP contribution < -0.4 is 11.1 Å². The van der Waals surface area contributed by atoms with Crippen molar-refractivity contribution in [2.45, 2.75) is 37.9 Å². The van der Waals surface area contributed by atoms with Crippen molar-refractivity contribution in [2.24, 2.45) is 5.73 Å². The summed E-state index contributed by atoms with van der Waals surface area (Å²) in [5.41, 5.74) is 8.73. The van der Waals surface area contributed by atoms with E-state index in [0.717, 1.165) is 11.1 Å². The van der Waals surface area contributed by atoms with Crippen LogP contribution in [0, 0.1) is 5.82 Å². The monoisotopic (exact) mass is 413 g/mol. The van der Waals surface area contributed by atoms with Crippen molar-refractivity contribution in [1.29, 1.82) is 0 Å². The molecule has 0 radical (unpaired) electrons. The van der Waals surface area contributed by atoms with Crippen LogP contribution in [0.2, 0.25) is 0 Å². The Labute approximate surface area is 176 Å². The van der Waals surface area contributed by atoms with Crippen LogP contribution in [0.5, 0.6) is 0 Å². The molecule has 0 bridgehead atoms. The first-order valence-corrected chi connectivity index (χ1v) is 10.1. The zero-order chi connectivity index (χ0) is 21.5. The fourth-order valence-electron chi connectivity index (χ4n) is 3.77. The van der Waals surface area contributed by atoms with E-state index in [-0.39, 0.29) is 30.5 Å². The van der Waals surface area contributed by atoms with Crippen molar-refractivity contribution in [1.82, 2.24) is 10.2 Å². The molecule has 0 spiro atoms. The second-order valence-electron chi connectivity index (χ2n) is 7.55. The van der Waals surface area contributed by atoms with Gasteiger partial charge in [0.05, 0.1) is 6.61 Å². The number of carbonyl (C=O) groups is 2. The molecule has 7 heteroatoms. The van der Waals surface area contributed by atoms with Crippen molar-refractivity contribution in [3.05, 3.63) is 71.0 Å². The van der Waals surface area contributed by atoms with Crippen molar-refractivity contribution < 1.29 is 18.7 Å². The number of rotatable bonds is 8. The molecule has 6 nitrogen and oxygen atoms in total. The molecule has 1 heterocycles. The first-order chi connectivity index (χ1) is 14.5. The summed E-state index contributed by atoms with van der Waals surface area (Å²) in [6.07, 6.45) is 0.745. The highest BCUT2D eigenvalue weighted by molar-refractivity contribution is 5.88. The first-order valence-electron chi connectivity index (χ1n) is 10.1. The predicted octanol–water partition coefficient (Wildman–Crippen LogP) is 1.80. The highest BCUT2D eigenvalue weighted by Gasteiger charge is 2.34. The van der Waals surface area contributed by atoms with Crippen LogP contribution in [-0.2, 0) is 33.7 Å².